The Morgan fingerprint density at radius 3 is 2.72 bits per heavy atom. The first-order chi connectivity index (χ1) is 14.2. The van der Waals surface area contributed by atoms with Crippen LogP contribution in [0.4, 0.5) is 5.82 Å². The van der Waals surface area contributed by atoms with E-state index in [0.717, 1.165) is 0 Å². The van der Waals surface area contributed by atoms with Gasteiger partial charge in [0.05, 0.1) is 4.90 Å². The second kappa shape index (κ2) is 6.95. The normalized spacial score (nSPS) is 12.3. The first kappa shape index (κ1) is 17.3. The Labute approximate surface area is 165 Å². The van der Waals surface area contributed by atoms with Gasteiger partial charge in [-0.05, 0) is 48.5 Å². The summed E-state index contributed by atoms with van der Waals surface area (Å²) in [5, 5.41) is 0.679. The first-order valence-electron chi connectivity index (χ1n) is 8.56. The van der Waals surface area contributed by atoms with E-state index < -0.39 is 16.6 Å². The Bertz CT molecular complexity index is 1410. The van der Waals surface area contributed by atoms with Crippen molar-refractivity contribution in [1.29, 1.82) is 0 Å². The van der Waals surface area contributed by atoms with Gasteiger partial charge in [0.15, 0.2) is 22.2 Å². The molecule has 1 unspecified atom stereocenters. The number of aromatic nitrogens is 3. The number of benzene rings is 1. The zero-order chi connectivity index (χ0) is 19.8. The van der Waals surface area contributed by atoms with Crippen molar-refractivity contribution < 1.29 is 13.0 Å². The van der Waals surface area contributed by atoms with Crippen LogP contribution in [0.2, 0.25) is 0 Å². The molecule has 4 aromatic heterocycles. The molecule has 0 amide bonds. The van der Waals surface area contributed by atoms with Gasteiger partial charge in [-0.2, -0.15) is 4.98 Å². The van der Waals surface area contributed by atoms with Crippen LogP contribution in [-0.4, -0.2) is 19.2 Å². The standard InChI is InChI=1S/C20H12N4O4S/c25-18-6-3-12-10-14(4-5-15(12)27-18)29(26)24-17-11-13(7-9-21-17)20-23-19-16(28-20)2-1-8-22-19/h1-11H,(H,21,24). The number of hydrogen-bond acceptors (Lipinski definition) is 7. The van der Waals surface area contributed by atoms with E-state index in [9.17, 15) is 9.00 Å². The fourth-order valence-electron chi connectivity index (χ4n) is 2.83. The lowest BCUT2D eigenvalue weighted by atomic mass is 10.2. The summed E-state index contributed by atoms with van der Waals surface area (Å²) in [6, 6.07) is 14.9. The average Bonchev–Trinajstić information content (AvgIpc) is 3.18. The quantitative estimate of drug-likeness (QED) is 0.456. The van der Waals surface area contributed by atoms with Gasteiger partial charge in [0, 0.05) is 29.4 Å². The highest BCUT2D eigenvalue weighted by Gasteiger charge is 2.12. The predicted molar refractivity (Wildman–Crippen MR) is 108 cm³/mol. The largest absolute Gasteiger partial charge is 0.434 e. The van der Waals surface area contributed by atoms with Crippen molar-refractivity contribution >= 4 is 39.0 Å². The molecule has 0 radical (unpaired) electrons. The molecule has 5 aromatic rings. The molecule has 0 aliphatic rings. The van der Waals surface area contributed by atoms with Crippen LogP contribution in [0.15, 0.2) is 85.5 Å². The first-order valence-corrected chi connectivity index (χ1v) is 9.71. The summed E-state index contributed by atoms with van der Waals surface area (Å²) in [6.45, 7) is 0. The SMILES string of the molecule is O=c1ccc2cc(S(=O)Nc3cc(-c4nc5ncccc5o4)ccn3)ccc2o1. The van der Waals surface area contributed by atoms with Crippen molar-refractivity contribution in [2.75, 3.05) is 4.72 Å². The maximum Gasteiger partial charge on any atom is 0.336 e. The summed E-state index contributed by atoms with van der Waals surface area (Å²) in [5.74, 6) is 0.798. The summed E-state index contributed by atoms with van der Waals surface area (Å²) in [4.78, 5) is 24.5. The van der Waals surface area contributed by atoms with Crippen molar-refractivity contribution in [3.05, 3.63) is 77.4 Å². The Morgan fingerprint density at radius 1 is 0.897 bits per heavy atom. The molecule has 0 saturated carbocycles. The summed E-state index contributed by atoms with van der Waals surface area (Å²) in [5.41, 5.74) is 1.78. The Balaban J connectivity index is 1.43. The number of nitrogens with zero attached hydrogens (tertiary/aromatic N) is 3. The molecular formula is C20H12N4O4S. The van der Waals surface area contributed by atoms with E-state index in [-0.39, 0.29) is 0 Å². The minimum absolute atomic E-state index is 0.399. The van der Waals surface area contributed by atoms with Gasteiger partial charge in [0.2, 0.25) is 5.89 Å². The molecule has 0 aliphatic heterocycles. The van der Waals surface area contributed by atoms with E-state index in [1.54, 1.807) is 60.9 Å². The number of fused-ring (bicyclic) bond motifs is 2. The summed E-state index contributed by atoms with van der Waals surface area (Å²) >= 11 is 0. The molecule has 0 saturated heterocycles. The van der Waals surface area contributed by atoms with E-state index >= 15 is 0 Å². The lowest BCUT2D eigenvalue weighted by Gasteiger charge is -2.07. The molecular weight excluding hydrogens is 392 g/mol. The molecule has 0 bridgehead atoms. The van der Waals surface area contributed by atoms with Gasteiger partial charge in [-0.3, -0.25) is 4.72 Å². The average molecular weight is 404 g/mol. The third-order valence-electron chi connectivity index (χ3n) is 4.17. The number of pyridine rings is 2. The van der Waals surface area contributed by atoms with Gasteiger partial charge in [-0.1, -0.05) is 0 Å². The monoisotopic (exact) mass is 404 g/mol. The fourth-order valence-corrected chi connectivity index (χ4v) is 3.68. The van der Waals surface area contributed by atoms with Gasteiger partial charge in [0.1, 0.15) is 11.4 Å². The summed E-state index contributed by atoms with van der Waals surface area (Å²) < 4.78 is 26.4. The summed E-state index contributed by atoms with van der Waals surface area (Å²) in [7, 11) is -1.57. The lowest BCUT2D eigenvalue weighted by Crippen LogP contribution is -2.06. The van der Waals surface area contributed by atoms with Crippen LogP contribution < -0.4 is 10.3 Å². The molecule has 1 atom stereocenters. The van der Waals surface area contributed by atoms with Crippen LogP contribution in [0.25, 0.3) is 33.7 Å². The number of nitrogens with one attached hydrogen (secondary N) is 1. The molecule has 29 heavy (non-hydrogen) atoms. The van der Waals surface area contributed by atoms with Gasteiger partial charge in [0.25, 0.3) is 0 Å². The highest BCUT2D eigenvalue weighted by Crippen LogP contribution is 2.25. The number of anilines is 1. The van der Waals surface area contributed by atoms with Crippen molar-refractivity contribution in [2.45, 2.75) is 4.90 Å². The second-order valence-electron chi connectivity index (χ2n) is 6.10. The zero-order valence-corrected chi connectivity index (χ0v) is 15.6. The van der Waals surface area contributed by atoms with Crippen LogP contribution >= 0.6 is 0 Å². The van der Waals surface area contributed by atoms with Crippen molar-refractivity contribution in [3.63, 3.8) is 0 Å². The van der Waals surface area contributed by atoms with E-state index in [4.69, 9.17) is 8.83 Å². The maximum atomic E-state index is 12.7. The van der Waals surface area contributed by atoms with Crippen molar-refractivity contribution in [2.24, 2.45) is 0 Å². The Kier molecular flexibility index (Phi) is 4.14. The molecule has 0 spiro atoms. The van der Waals surface area contributed by atoms with Crippen LogP contribution in [0, 0.1) is 0 Å². The second-order valence-corrected chi connectivity index (χ2v) is 7.31. The van der Waals surface area contributed by atoms with Crippen LogP contribution in [0.1, 0.15) is 0 Å². The minimum Gasteiger partial charge on any atom is -0.434 e. The molecule has 0 aliphatic carbocycles. The molecule has 1 aromatic carbocycles. The van der Waals surface area contributed by atoms with Crippen molar-refractivity contribution in [3.8, 4) is 11.5 Å². The lowest BCUT2D eigenvalue weighted by molar-refractivity contribution is 0.561. The summed E-state index contributed by atoms with van der Waals surface area (Å²) in [6.07, 6.45) is 3.22. The topological polar surface area (TPSA) is 111 Å². The molecule has 9 heteroatoms. The third kappa shape index (κ3) is 3.39. The Hall–Kier alpha value is -3.85. The number of rotatable bonds is 4. The molecule has 0 fully saturated rings. The molecule has 142 valence electrons. The van der Waals surface area contributed by atoms with Crippen molar-refractivity contribution in [1.82, 2.24) is 15.0 Å². The van der Waals surface area contributed by atoms with Crippen LogP contribution in [-0.2, 0) is 11.0 Å². The predicted octanol–water partition coefficient (Wildman–Crippen LogP) is 3.53. The third-order valence-corrected chi connectivity index (χ3v) is 5.25. The molecule has 5 rings (SSSR count). The molecule has 4 heterocycles. The van der Waals surface area contributed by atoms with Gasteiger partial charge in [-0.15, -0.1) is 0 Å². The van der Waals surface area contributed by atoms with Gasteiger partial charge in [-0.25, -0.2) is 19.0 Å². The Morgan fingerprint density at radius 2 is 1.83 bits per heavy atom. The van der Waals surface area contributed by atoms with E-state index in [1.165, 1.54) is 6.07 Å². The number of hydrogen-bond donors (Lipinski definition) is 1. The van der Waals surface area contributed by atoms with Crippen LogP contribution in [0.3, 0.4) is 0 Å². The number of oxazole rings is 1. The maximum absolute atomic E-state index is 12.7. The van der Waals surface area contributed by atoms with Gasteiger partial charge < -0.3 is 8.83 Å². The van der Waals surface area contributed by atoms with E-state index in [0.29, 0.717) is 44.4 Å². The van der Waals surface area contributed by atoms with Gasteiger partial charge >= 0.3 is 5.63 Å². The fraction of sp³-hybridized carbons (Fsp3) is 0. The zero-order valence-electron chi connectivity index (χ0n) is 14.7. The van der Waals surface area contributed by atoms with Crippen LogP contribution in [0.5, 0.6) is 0 Å². The molecule has 8 nitrogen and oxygen atoms in total. The highest BCUT2D eigenvalue weighted by atomic mass is 32.2. The van der Waals surface area contributed by atoms with E-state index in [2.05, 4.69) is 19.7 Å². The highest BCUT2D eigenvalue weighted by molar-refractivity contribution is 7.86. The van der Waals surface area contributed by atoms with E-state index in [1.807, 2.05) is 0 Å². The molecule has 1 N–H and O–H groups in total. The smallest absolute Gasteiger partial charge is 0.336 e. The minimum atomic E-state index is -1.57.